The summed E-state index contributed by atoms with van der Waals surface area (Å²) < 4.78 is 0. The Morgan fingerprint density at radius 3 is 1.37 bits per heavy atom. The predicted molar refractivity (Wildman–Crippen MR) is 226 cm³/mol. The van der Waals surface area contributed by atoms with Gasteiger partial charge in [-0.1, -0.05) is 182 Å². The summed E-state index contributed by atoms with van der Waals surface area (Å²) in [6.07, 6.45) is 0. The van der Waals surface area contributed by atoms with Gasteiger partial charge in [0.05, 0.1) is 11.1 Å². The number of hydrogen-bond donors (Lipinski definition) is 0. The minimum absolute atomic E-state index is 0.447. The van der Waals surface area contributed by atoms with Crippen LogP contribution in [0, 0.1) is 0 Å². The van der Waals surface area contributed by atoms with Gasteiger partial charge < -0.3 is 4.90 Å². The van der Waals surface area contributed by atoms with Crippen molar-refractivity contribution >= 4 is 27.8 Å². The Morgan fingerprint density at radius 1 is 0.296 bits per heavy atom. The van der Waals surface area contributed by atoms with Gasteiger partial charge in [-0.3, -0.25) is 0 Å². The van der Waals surface area contributed by atoms with Crippen LogP contribution in [0.4, 0.5) is 17.1 Å². The molecule has 1 heteroatoms. The van der Waals surface area contributed by atoms with Crippen LogP contribution in [0.25, 0.3) is 55.3 Å². The highest BCUT2D eigenvalue weighted by Crippen LogP contribution is 2.65. The summed E-state index contributed by atoms with van der Waals surface area (Å²) in [6, 6.07) is 78.1. The molecule has 54 heavy (non-hydrogen) atoms. The molecule has 0 aromatic heterocycles. The summed E-state index contributed by atoms with van der Waals surface area (Å²) in [5.74, 6) is 0. The van der Waals surface area contributed by atoms with E-state index in [1.54, 1.807) is 0 Å². The number of nitrogens with zero attached hydrogens (tertiary/aromatic N) is 1. The molecule has 2 aliphatic rings. The van der Waals surface area contributed by atoms with Gasteiger partial charge in [-0.25, -0.2) is 0 Å². The Hall–Kier alpha value is -6.96. The summed E-state index contributed by atoms with van der Waals surface area (Å²) in [6.45, 7) is 0. The molecule has 0 radical (unpaired) electrons. The third kappa shape index (κ3) is 4.39. The molecule has 0 saturated heterocycles. The molecule has 11 rings (SSSR count). The first-order chi connectivity index (χ1) is 26.8. The SMILES string of the molecule is c1ccc(-c2ccc(N(c3ccc(-c4ccccc4)cc3)c3cccc4c3-c3ccccc3C43c4ccccc4-c4c3ccc3ccccc43)cc2)cc1. The highest BCUT2D eigenvalue weighted by Gasteiger charge is 2.52. The second kappa shape index (κ2) is 12.0. The van der Waals surface area contributed by atoms with Gasteiger partial charge in [0.25, 0.3) is 0 Å². The van der Waals surface area contributed by atoms with E-state index < -0.39 is 5.41 Å². The van der Waals surface area contributed by atoms with E-state index in [1.165, 1.54) is 83.2 Å². The van der Waals surface area contributed by atoms with E-state index in [1.807, 2.05) is 0 Å². The second-order valence-corrected chi connectivity index (χ2v) is 14.4. The highest BCUT2D eigenvalue weighted by atomic mass is 15.1. The topological polar surface area (TPSA) is 3.24 Å². The normalized spacial score (nSPS) is 14.7. The largest absolute Gasteiger partial charge is 0.310 e. The fourth-order valence-corrected chi connectivity index (χ4v) is 9.42. The Kier molecular flexibility index (Phi) is 6.84. The molecule has 9 aromatic rings. The lowest BCUT2D eigenvalue weighted by Gasteiger charge is -2.32. The van der Waals surface area contributed by atoms with Crippen LogP contribution < -0.4 is 4.90 Å². The molecule has 0 saturated carbocycles. The van der Waals surface area contributed by atoms with E-state index in [2.05, 4.69) is 217 Å². The molecule has 252 valence electrons. The average molecular weight is 686 g/mol. The summed E-state index contributed by atoms with van der Waals surface area (Å²) in [5.41, 5.74) is 18.4. The molecular formula is C53H35N. The smallest absolute Gasteiger partial charge is 0.0726 e. The van der Waals surface area contributed by atoms with Gasteiger partial charge in [-0.15, -0.1) is 0 Å². The third-order valence-corrected chi connectivity index (χ3v) is 11.7. The maximum absolute atomic E-state index is 2.46. The molecule has 9 aromatic carbocycles. The molecular weight excluding hydrogens is 651 g/mol. The zero-order valence-corrected chi connectivity index (χ0v) is 29.7. The minimum atomic E-state index is -0.447. The highest BCUT2D eigenvalue weighted by molar-refractivity contribution is 6.07. The third-order valence-electron chi connectivity index (χ3n) is 11.7. The van der Waals surface area contributed by atoms with Crippen LogP contribution >= 0.6 is 0 Å². The van der Waals surface area contributed by atoms with Gasteiger partial charge in [-0.2, -0.15) is 0 Å². The number of anilines is 3. The molecule has 0 aliphatic heterocycles. The summed E-state index contributed by atoms with van der Waals surface area (Å²) in [5, 5.41) is 2.58. The van der Waals surface area contributed by atoms with E-state index in [9.17, 15) is 0 Å². The number of rotatable bonds is 5. The lowest BCUT2D eigenvalue weighted by molar-refractivity contribution is 0.794. The van der Waals surface area contributed by atoms with Crippen molar-refractivity contribution < 1.29 is 0 Å². The molecule has 1 nitrogen and oxygen atoms in total. The summed E-state index contributed by atoms with van der Waals surface area (Å²) >= 11 is 0. The van der Waals surface area contributed by atoms with Crippen LogP contribution in [0.15, 0.2) is 212 Å². The van der Waals surface area contributed by atoms with E-state index in [0.29, 0.717) is 0 Å². The zero-order valence-electron chi connectivity index (χ0n) is 29.7. The van der Waals surface area contributed by atoms with E-state index >= 15 is 0 Å². The standard InChI is InChI=1S/C53H35N/c1-3-14-36(15-4-1)38-26-31-41(32-27-38)54(42-33-28-39(29-34-42)37-16-5-2-6-17-37)50-25-13-24-48-52(50)45-21-10-12-23-47(45)53(48)46-22-11-9-20-44(46)51-43-19-8-7-18-40(43)30-35-49(51)53/h1-35H. The van der Waals surface area contributed by atoms with Crippen molar-refractivity contribution in [3.8, 4) is 44.5 Å². The second-order valence-electron chi connectivity index (χ2n) is 14.4. The Labute approximate surface area is 316 Å². The number of fused-ring (bicyclic) bond motifs is 12. The van der Waals surface area contributed by atoms with Crippen LogP contribution in [0.5, 0.6) is 0 Å². The summed E-state index contributed by atoms with van der Waals surface area (Å²) in [7, 11) is 0. The van der Waals surface area contributed by atoms with Crippen molar-refractivity contribution in [2.75, 3.05) is 4.90 Å². The molecule has 0 amide bonds. The fourth-order valence-electron chi connectivity index (χ4n) is 9.42. The Balaban J connectivity index is 1.17. The minimum Gasteiger partial charge on any atom is -0.310 e. The molecule has 0 heterocycles. The Morgan fingerprint density at radius 2 is 0.759 bits per heavy atom. The zero-order chi connectivity index (χ0) is 35.6. The maximum atomic E-state index is 2.46. The first-order valence-electron chi connectivity index (χ1n) is 18.8. The lowest BCUT2D eigenvalue weighted by atomic mass is 9.70. The van der Waals surface area contributed by atoms with E-state index in [0.717, 1.165) is 11.4 Å². The molecule has 0 bridgehead atoms. The van der Waals surface area contributed by atoms with Crippen LogP contribution in [-0.4, -0.2) is 0 Å². The van der Waals surface area contributed by atoms with Gasteiger partial charge in [0, 0.05) is 16.9 Å². The van der Waals surface area contributed by atoms with Crippen molar-refractivity contribution in [3.63, 3.8) is 0 Å². The van der Waals surface area contributed by atoms with Crippen LogP contribution in [0.2, 0.25) is 0 Å². The quantitative estimate of drug-likeness (QED) is 0.174. The lowest BCUT2D eigenvalue weighted by Crippen LogP contribution is -2.26. The van der Waals surface area contributed by atoms with Crippen LogP contribution in [0.3, 0.4) is 0 Å². The Bertz CT molecular complexity index is 2770. The molecule has 0 N–H and O–H groups in total. The van der Waals surface area contributed by atoms with Crippen molar-refractivity contribution in [3.05, 3.63) is 235 Å². The monoisotopic (exact) mass is 685 g/mol. The van der Waals surface area contributed by atoms with Gasteiger partial charge >= 0.3 is 0 Å². The van der Waals surface area contributed by atoms with Crippen LogP contribution in [-0.2, 0) is 5.41 Å². The molecule has 1 atom stereocenters. The first-order valence-corrected chi connectivity index (χ1v) is 18.8. The van der Waals surface area contributed by atoms with Gasteiger partial charge in [-0.05, 0) is 102 Å². The van der Waals surface area contributed by atoms with Crippen molar-refractivity contribution in [1.82, 2.24) is 0 Å². The van der Waals surface area contributed by atoms with E-state index in [-0.39, 0.29) is 0 Å². The number of hydrogen-bond acceptors (Lipinski definition) is 1. The molecule has 0 fully saturated rings. The molecule has 1 unspecified atom stereocenters. The first kappa shape index (κ1) is 30.6. The van der Waals surface area contributed by atoms with Crippen molar-refractivity contribution in [2.24, 2.45) is 0 Å². The van der Waals surface area contributed by atoms with Gasteiger partial charge in [0.15, 0.2) is 0 Å². The van der Waals surface area contributed by atoms with Crippen LogP contribution in [0.1, 0.15) is 22.3 Å². The molecule has 2 aliphatic carbocycles. The van der Waals surface area contributed by atoms with E-state index in [4.69, 9.17) is 0 Å². The van der Waals surface area contributed by atoms with Crippen molar-refractivity contribution in [2.45, 2.75) is 5.41 Å². The predicted octanol–water partition coefficient (Wildman–Crippen LogP) is 14.0. The molecule has 1 spiro atoms. The fraction of sp³-hybridized carbons (Fsp3) is 0.0189. The average Bonchev–Trinajstić information content (AvgIpc) is 3.73. The van der Waals surface area contributed by atoms with Gasteiger partial charge in [0.1, 0.15) is 0 Å². The van der Waals surface area contributed by atoms with Gasteiger partial charge in [0.2, 0.25) is 0 Å². The number of benzene rings is 9. The van der Waals surface area contributed by atoms with Crippen molar-refractivity contribution in [1.29, 1.82) is 0 Å². The summed E-state index contributed by atoms with van der Waals surface area (Å²) in [4.78, 5) is 2.46. The maximum Gasteiger partial charge on any atom is 0.0726 e.